The fourth-order valence-electron chi connectivity index (χ4n) is 3.49. The van der Waals surface area contributed by atoms with Gasteiger partial charge in [0.15, 0.2) is 0 Å². The maximum Gasteiger partial charge on any atom is 0.0674 e. The molecule has 3 rings (SSSR count). The summed E-state index contributed by atoms with van der Waals surface area (Å²) in [5.74, 6) is 1.75. The second-order valence-electron chi connectivity index (χ2n) is 5.44. The van der Waals surface area contributed by atoms with E-state index >= 15 is 0 Å². The Bertz CT molecular complexity index is 222. The van der Waals surface area contributed by atoms with Crippen molar-refractivity contribution in [2.45, 2.75) is 44.6 Å². The highest BCUT2D eigenvalue weighted by Crippen LogP contribution is 2.55. The van der Waals surface area contributed by atoms with Crippen LogP contribution in [-0.2, 0) is 4.74 Å². The Morgan fingerprint density at radius 3 is 2.50 bits per heavy atom. The number of nitrogens with two attached hydrogens (primary N) is 1. The second-order valence-corrected chi connectivity index (χ2v) is 5.44. The van der Waals surface area contributed by atoms with Crippen LogP contribution >= 0.6 is 0 Å². The van der Waals surface area contributed by atoms with E-state index in [2.05, 4.69) is 0 Å². The summed E-state index contributed by atoms with van der Waals surface area (Å²) in [7, 11) is 0. The van der Waals surface area contributed by atoms with Crippen molar-refractivity contribution in [3.05, 3.63) is 0 Å². The van der Waals surface area contributed by atoms with Gasteiger partial charge in [-0.05, 0) is 43.9 Å². The molecule has 0 amide bonds. The van der Waals surface area contributed by atoms with Crippen LogP contribution in [0.2, 0.25) is 0 Å². The minimum atomic E-state index is 0.388. The molecular weight excluding hydrogens is 174 g/mol. The van der Waals surface area contributed by atoms with Gasteiger partial charge in [0.25, 0.3) is 0 Å². The van der Waals surface area contributed by atoms with Crippen LogP contribution in [0.3, 0.4) is 0 Å². The Hall–Kier alpha value is -0.0800. The Morgan fingerprint density at radius 2 is 2.00 bits per heavy atom. The molecule has 80 valence electrons. The van der Waals surface area contributed by atoms with Gasteiger partial charge in [-0.2, -0.15) is 0 Å². The average Bonchev–Trinajstić information content (AvgIpc) is 2.86. The highest BCUT2D eigenvalue weighted by Gasteiger charge is 2.54. The molecule has 2 atom stereocenters. The molecule has 0 aromatic heterocycles. The largest absolute Gasteiger partial charge is 0.377 e. The zero-order valence-electron chi connectivity index (χ0n) is 8.87. The first kappa shape index (κ1) is 9.17. The molecular formula is C12H21NO. The van der Waals surface area contributed by atoms with Crippen LogP contribution in [0, 0.1) is 17.3 Å². The summed E-state index contributed by atoms with van der Waals surface area (Å²) in [4.78, 5) is 0. The lowest BCUT2D eigenvalue weighted by Gasteiger charge is -2.45. The zero-order chi connectivity index (χ0) is 9.60. The maximum atomic E-state index is 6.06. The van der Waals surface area contributed by atoms with Crippen LogP contribution in [-0.4, -0.2) is 19.3 Å². The molecule has 2 nitrogen and oxygen atoms in total. The van der Waals surface area contributed by atoms with Gasteiger partial charge in [0.2, 0.25) is 0 Å². The Kier molecular flexibility index (Phi) is 2.10. The summed E-state index contributed by atoms with van der Waals surface area (Å²) in [6, 6.07) is 0. The SMILES string of the molecule is NCC1(C2CCC2)CCOC1C1CC1. The standard InChI is InChI=1S/C12H21NO/c13-8-12(10-2-1-3-10)6-7-14-11(12)9-4-5-9/h9-11H,1-8,13H2. The molecule has 14 heavy (non-hydrogen) atoms. The fourth-order valence-corrected chi connectivity index (χ4v) is 3.49. The molecule has 2 unspecified atom stereocenters. The summed E-state index contributed by atoms with van der Waals surface area (Å²) in [6.07, 6.45) is 8.77. The summed E-state index contributed by atoms with van der Waals surface area (Å²) >= 11 is 0. The number of hydrogen-bond acceptors (Lipinski definition) is 2. The minimum Gasteiger partial charge on any atom is -0.377 e. The van der Waals surface area contributed by atoms with Gasteiger partial charge in [0, 0.05) is 18.6 Å². The first-order valence-electron chi connectivity index (χ1n) is 6.18. The van der Waals surface area contributed by atoms with Gasteiger partial charge in [-0.3, -0.25) is 0 Å². The summed E-state index contributed by atoms with van der Waals surface area (Å²) in [6.45, 7) is 1.83. The van der Waals surface area contributed by atoms with E-state index in [1.54, 1.807) is 0 Å². The van der Waals surface area contributed by atoms with Gasteiger partial charge in [-0.1, -0.05) is 6.42 Å². The van der Waals surface area contributed by atoms with Crippen LogP contribution in [0.15, 0.2) is 0 Å². The van der Waals surface area contributed by atoms with Crippen molar-refractivity contribution in [1.82, 2.24) is 0 Å². The third kappa shape index (κ3) is 1.17. The molecule has 3 aliphatic rings. The third-order valence-corrected chi connectivity index (χ3v) is 4.78. The van der Waals surface area contributed by atoms with Crippen LogP contribution < -0.4 is 5.73 Å². The summed E-state index contributed by atoms with van der Waals surface area (Å²) in [5, 5.41) is 0. The van der Waals surface area contributed by atoms with Crippen molar-refractivity contribution >= 4 is 0 Å². The van der Waals surface area contributed by atoms with E-state index in [0.29, 0.717) is 11.5 Å². The van der Waals surface area contributed by atoms with Gasteiger partial charge in [-0.15, -0.1) is 0 Å². The van der Waals surface area contributed by atoms with E-state index in [1.807, 2.05) is 0 Å². The molecule has 1 aliphatic heterocycles. The van der Waals surface area contributed by atoms with E-state index < -0.39 is 0 Å². The van der Waals surface area contributed by atoms with E-state index in [4.69, 9.17) is 10.5 Å². The van der Waals surface area contributed by atoms with Crippen molar-refractivity contribution in [3.8, 4) is 0 Å². The smallest absolute Gasteiger partial charge is 0.0674 e. The normalized spacial score (nSPS) is 43.9. The van der Waals surface area contributed by atoms with Crippen molar-refractivity contribution in [2.75, 3.05) is 13.2 Å². The van der Waals surface area contributed by atoms with Crippen LogP contribution in [0.5, 0.6) is 0 Å². The van der Waals surface area contributed by atoms with Crippen molar-refractivity contribution < 1.29 is 4.74 Å². The zero-order valence-corrected chi connectivity index (χ0v) is 8.87. The molecule has 2 N–H and O–H groups in total. The Balaban J connectivity index is 1.81. The molecule has 3 fully saturated rings. The van der Waals surface area contributed by atoms with Gasteiger partial charge in [-0.25, -0.2) is 0 Å². The monoisotopic (exact) mass is 195 g/mol. The molecule has 0 spiro atoms. The van der Waals surface area contributed by atoms with Crippen LogP contribution in [0.4, 0.5) is 0 Å². The predicted octanol–water partition coefficient (Wildman–Crippen LogP) is 1.93. The topological polar surface area (TPSA) is 35.2 Å². The van der Waals surface area contributed by atoms with Crippen molar-refractivity contribution in [2.24, 2.45) is 23.0 Å². The minimum absolute atomic E-state index is 0.388. The van der Waals surface area contributed by atoms with Gasteiger partial charge in [0.05, 0.1) is 6.10 Å². The molecule has 1 saturated heterocycles. The quantitative estimate of drug-likeness (QED) is 0.747. The lowest BCUT2D eigenvalue weighted by molar-refractivity contribution is -0.0193. The van der Waals surface area contributed by atoms with E-state index in [-0.39, 0.29) is 0 Å². The highest BCUT2D eigenvalue weighted by atomic mass is 16.5. The maximum absolute atomic E-state index is 6.06. The molecule has 2 saturated carbocycles. The highest BCUT2D eigenvalue weighted by molar-refractivity contribution is 5.04. The average molecular weight is 195 g/mol. The third-order valence-electron chi connectivity index (χ3n) is 4.78. The predicted molar refractivity (Wildman–Crippen MR) is 55.9 cm³/mol. The molecule has 2 heteroatoms. The van der Waals surface area contributed by atoms with Crippen LogP contribution in [0.1, 0.15) is 38.5 Å². The molecule has 0 aromatic rings. The molecule has 0 radical (unpaired) electrons. The number of hydrogen-bond donors (Lipinski definition) is 1. The lowest BCUT2D eigenvalue weighted by atomic mass is 9.61. The van der Waals surface area contributed by atoms with E-state index in [1.165, 1.54) is 38.5 Å². The van der Waals surface area contributed by atoms with E-state index in [0.717, 1.165) is 25.0 Å². The van der Waals surface area contributed by atoms with Crippen molar-refractivity contribution in [1.29, 1.82) is 0 Å². The first-order valence-corrected chi connectivity index (χ1v) is 6.18. The molecule has 2 aliphatic carbocycles. The number of ether oxygens (including phenoxy) is 1. The van der Waals surface area contributed by atoms with E-state index in [9.17, 15) is 0 Å². The van der Waals surface area contributed by atoms with Gasteiger partial charge in [0.1, 0.15) is 0 Å². The second kappa shape index (κ2) is 3.21. The number of rotatable bonds is 3. The first-order chi connectivity index (χ1) is 6.87. The van der Waals surface area contributed by atoms with Crippen molar-refractivity contribution in [3.63, 3.8) is 0 Å². The van der Waals surface area contributed by atoms with Crippen LogP contribution in [0.25, 0.3) is 0 Å². The van der Waals surface area contributed by atoms with Gasteiger partial charge >= 0.3 is 0 Å². The Morgan fingerprint density at radius 1 is 1.21 bits per heavy atom. The molecule has 0 aromatic carbocycles. The summed E-state index contributed by atoms with van der Waals surface area (Å²) < 4.78 is 5.96. The summed E-state index contributed by atoms with van der Waals surface area (Å²) in [5.41, 5.74) is 6.44. The fraction of sp³-hybridized carbons (Fsp3) is 1.00. The Labute approximate surface area is 86.2 Å². The van der Waals surface area contributed by atoms with Gasteiger partial charge < -0.3 is 10.5 Å². The lowest BCUT2D eigenvalue weighted by Crippen LogP contribution is -2.48. The molecule has 0 bridgehead atoms. The molecule has 1 heterocycles.